The normalized spacial score (nSPS) is 21.6. The first-order chi connectivity index (χ1) is 9.17. The maximum Gasteiger partial charge on any atom is 0.135 e. The number of hydrogen-bond acceptors (Lipinski definition) is 4. The average molecular weight is 275 g/mol. The van der Waals surface area contributed by atoms with Crippen molar-refractivity contribution in [2.75, 3.05) is 7.11 Å². The summed E-state index contributed by atoms with van der Waals surface area (Å²) in [6, 6.07) is 10.1. The maximum atomic E-state index is 6.27. The lowest BCUT2D eigenvalue weighted by molar-refractivity contribution is 0.164. The molecule has 3 nitrogen and oxygen atoms in total. The van der Waals surface area contributed by atoms with Crippen LogP contribution in [0.5, 0.6) is 11.5 Å². The summed E-state index contributed by atoms with van der Waals surface area (Å²) in [5, 5.41) is 0. The van der Waals surface area contributed by atoms with Crippen LogP contribution in [0.25, 0.3) is 0 Å². The molecule has 0 saturated heterocycles. The lowest BCUT2D eigenvalue weighted by Gasteiger charge is -2.30. The van der Waals surface area contributed by atoms with Gasteiger partial charge in [0.15, 0.2) is 0 Å². The molecule has 0 radical (unpaired) electrons. The Morgan fingerprint density at radius 3 is 2.84 bits per heavy atom. The summed E-state index contributed by atoms with van der Waals surface area (Å²) in [4.78, 5) is 2.54. The zero-order valence-electron chi connectivity index (χ0n) is 11.1. The molecule has 1 aromatic heterocycles. The van der Waals surface area contributed by atoms with Gasteiger partial charge in [-0.05, 0) is 37.3 Å². The van der Waals surface area contributed by atoms with Crippen molar-refractivity contribution in [2.45, 2.75) is 25.5 Å². The number of methoxy groups -OCH3 is 1. The number of nitrogens with two attached hydrogens (primary N) is 1. The predicted molar refractivity (Wildman–Crippen MR) is 77.0 cm³/mol. The first-order valence-electron chi connectivity index (χ1n) is 6.34. The van der Waals surface area contributed by atoms with Gasteiger partial charge in [0.25, 0.3) is 0 Å². The van der Waals surface area contributed by atoms with Gasteiger partial charge in [-0.3, -0.25) is 0 Å². The Morgan fingerprint density at radius 1 is 1.32 bits per heavy atom. The predicted octanol–water partition coefficient (Wildman–Crippen LogP) is 3.59. The highest BCUT2D eigenvalue weighted by Gasteiger charge is 2.28. The molecule has 0 aliphatic carbocycles. The smallest absolute Gasteiger partial charge is 0.135 e. The van der Waals surface area contributed by atoms with Crippen molar-refractivity contribution >= 4 is 11.3 Å². The highest BCUT2D eigenvalue weighted by atomic mass is 32.1. The molecule has 2 atom stereocenters. The minimum absolute atomic E-state index is 0.00810. The first-order valence-corrected chi connectivity index (χ1v) is 7.15. The van der Waals surface area contributed by atoms with Crippen LogP contribution in [0.15, 0.2) is 30.3 Å². The summed E-state index contributed by atoms with van der Waals surface area (Å²) in [5.41, 5.74) is 7.30. The van der Waals surface area contributed by atoms with Crippen LogP contribution in [0.1, 0.15) is 33.9 Å². The van der Waals surface area contributed by atoms with Crippen molar-refractivity contribution in [3.8, 4) is 11.5 Å². The second-order valence-corrected chi connectivity index (χ2v) is 6.12. The highest BCUT2D eigenvalue weighted by Crippen LogP contribution is 2.42. The number of benzene rings is 1. The summed E-state index contributed by atoms with van der Waals surface area (Å²) in [6.07, 6.45) is 0.870. The molecule has 2 heterocycles. The Morgan fingerprint density at radius 2 is 2.16 bits per heavy atom. The van der Waals surface area contributed by atoms with E-state index in [1.54, 1.807) is 18.4 Å². The quantitative estimate of drug-likeness (QED) is 0.911. The molecular formula is C15H17NO2S. The molecular weight excluding hydrogens is 258 g/mol. The topological polar surface area (TPSA) is 44.5 Å². The Kier molecular flexibility index (Phi) is 3.21. The first kappa shape index (κ1) is 12.5. The number of ether oxygens (including phenoxy) is 2. The van der Waals surface area contributed by atoms with Crippen LogP contribution in [0.2, 0.25) is 0 Å². The van der Waals surface area contributed by atoms with Gasteiger partial charge in [0.1, 0.15) is 17.6 Å². The number of rotatable bonds is 2. The van der Waals surface area contributed by atoms with E-state index in [4.69, 9.17) is 15.2 Å². The van der Waals surface area contributed by atoms with E-state index in [-0.39, 0.29) is 12.1 Å². The molecule has 0 spiro atoms. The number of hydrogen-bond donors (Lipinski definition) is 1. The Hall–Kier alpha value is -1.52. The maximum absolute atomic E-state index is 6.27. The Labute approximate surface area is 117 Å². The van der Waals surface area contributed by atoms with Gasteiger partial charge in [0, 0.05) is 27.8 Å². The minimum atomic E-state index is -0.00810. The third-order valence-corrected chi connectivity index (χ3v) is 4.52. The number of aryl methyl sites for hydroxylation is 1. The van der Waals surface area contributed by atoms with E-state index in [9.17, 15) is 0 Å². The van der Waals surface area contributed by atoms with Crippen LogP contribution in [-0.4, -0.2) is 7.11 Å². The molecule has 19 heavy (non-hydrogen) atoms. The van der Waals surface area contributed by atoms with Gasteiger partial charge >= 0.3 is 0 Å². The fourth-order valence-corrected chi connectivity index (χ4v) is 3.33. The van der Waals surface area contributed by atoms with E-state index in [1.807, 2.05) is 18.2 Å². The van der Waals surface area contributed by atoms with Crippen molar-refractivity contribution in [3.05, 3.63) is 45.6 Å². The van der Waals surface area contributed by atoms with Crippen LogP contribution in [0, 0.1) is 6.92 Å². The van der Waals surface area contributed by atoms with E-state index < -0.39 is 0 Å². The summed E-state index contributed by atoms with van der Waals surface area (Å²) in [7, 11) is 1.66. The number of fused-ring (bicyclic) bond motifs is 1. The van der Waals surface area contributed by atoms with Crippen molar-refractivity contribution in [3.63, 3.8) is 0 Å². The standard InChI is InChI=1S/C15H17NO2S/c1-9-3-6-15(19-9)14-8-12(16)11-7-10(17-2)4-5-13(11)18-14/h3-7,12,14H,8,16H2,1-2H3/t12-,14?/m0/s1. The molecule has 0 saturated carbocycles. The molecule has 2 N–H and O–H groups in total. The van der Waals surface area contributed by atoms with Crippen molar-refractivity contribution in [1.29, 1.82) is 0 Å². The van der Waals surface area contributed by atoms with Gasteiger partial charge < -0.3 is 15.2 Å². The molecule has 2 aromatic rings. The van der Waals surface area contributed by atoms with E-state index in [2.05, 4.69) is 19.1 Å². The van der Waals surface area contributed by atoms with Gasteiger partial charge in [-0.25, -0.2) is 0 Å². The van der Waals surface area contributed by atoms with Crippen LogP contribution >= 0.6 is 11.3 Å². The molecule has 1 aromatic carbocycles. The van der Waals surface area contributed by atoms with E-state index in [1.165, 1.54) is 9.75 Å². The molecule has 0 bridgehead atoms. The van der Waals surface area contributed by atoms with Gasteiger partial charge in [0.2, 0.25) is 0 Å². The Bertz CT molecular complexity index is 594. The van der Waals surface area contributed by atoms with E-state index in [0.29, 0.717) is 0 Å². The monoisotopic (exact) mass is 275 g/mol. The SMILES string of the molecule is COc1ccc2c(c1)[C@@H](N)CC(c1ccc(C)s1)O2. The molecule has 0 fully saturated rings. The zero-order valence-corrected chi connectivity index (χ0v) is 11.9. The van der Waals surface area contributed by atoms with E-state index >= 15 is 0 Å². The molecule has 0 amide bonds. The molecule has 1 aliphatic heterocycles. The third kappa shape index (κ3) is 2.33. The Balaban J connectivity index is 1.92. The third-order valence-electron chi connectivity index (χ3n) is 3.43. The van der Waals surface area contributed by atoms with Crippen LogP contribution in [0.3, 0.4) is 0 Å². The zero-order chi connectivity index (χ0) is 13.4. The van der Waals surface area contributed by atoms with Crippen LogP contribution < -0.4 is 15.2 Å². The number of thiophene rings is 1. The van der Waals surface area contributed by atoms with Crippen molar-refractivity contribution < 1.29 is 9.47 Å². The summed E-state index contributed by atoms with van der Waals surface area (Å²) < 4.78 is 11.3. The highest BCUT2D eigenvalue weighted by molar-refractivity contribution is 7.12. The fourth-order valence-electron chi connectivity index (χ4n) is 2.41. The van der Waals surface area contributed by atoms with Crippen molar-refractivity contribution in [2.24, 2.45) is 5.73 Å². The van der Waals surface area contributed by atoms with Gasteiger partial charge in [-0.1, -0.05) is 0 Å². The van der Waals surface area contributed by atoms with E-state index in [0.717, 1.165) is 23.5 Å². The lowest BCUT2D eigenvalue weighted by atomic mass is 9.96. The van der Waals surface area contributed by atoms with Gasteiger partial charge in [0.05, 0.1) is 7.11 Å². The second kappa shape index (κ2) is 4.87. The molecule has 1 aliphatic rings. The van der Waals surface area contributed by atoms with Gasteiger partial charge in [-0.2, -0.15) is 0 Å². The minimum Gasteiger partial charge on any atom is -0.497 e. The molecule has 4 heteroatoms. The molecule has 3 rings (SSSR count). The molecule has 1 unspecified atom stereocenters. The van der Waals surface area contributed by atoms with Crippen LogP contribution in [-0.2, 0) is 0 Å². The largest absolute Gasteiger partial charge is 0.497 e. The fraction of sp³-hybridized carbons (Fsp3) is 0.333. The van der Waals surface area contributed by atoms with Crippen LogP contribution in [0.4, 0.5) is 0 Å². The summed E-state index contributed by atoms with van der Waals surface area (Å²) in [5.74, 6) is 1.69. The van der Waals surface area contributed by atoms with Crippen molar-refractivity contribution in [1.82, 2.24) is 0 Å². The second-order valence-electron chi connectivity index (χ2n) is 4.80. The average Bonchev–Trinajstić information content (AvgIpc) is 2.85. The lowest BCUT2D eigenvalue weighted by Crippen LogP contribution is -2.23. The van der Waals surface area contributed by atoms with Gasteiger partial charge in [-0.15, -0.1) is 11.3 Å². The summed E-state index contributed by atoms with van der Waals surface area (Å²) >= 11 is 1.77. The molecule has 100 valence electrons. The summed E-state index contributed by atoms with van der Waals surface area (Å²) in [6.45, 7) is 2.11.